The average Bonchev–Trinajstić information content (AvgIpc) is 3.17. The van der Waals surface area contributed by atoms with Crippen molar-refractivity contribution in [1.29, 1.82) is 5.26 Å². The molecule has 3 aromatic rings. The van der Waals surface area contributed by atoms with Crippen molar-refractivity contribution in [3.8, 4) is 29.0 Å². The molecule has 0 radical (unpaired) electrons. The summed E-state index contributed by atoms with van der Waals surface area (Å²) in [6, 6.07) is 10.3. The van der Waals surface area contributed by atoms with Gasteiger partial charge in [0, 0.05) is 0 Å². The molecule has 31 heavy (non-hydrogen) atoms. The van der Waals surface area contributed by atoms with Crippen LogP contribution in [0.4, 0.5) is 4.39 Å². The number of carbonyl (C=O) groups is 1. The monoisotopic (exact) mass is 424 g/mol. The number of hydrogen-bond donors (Lipinski definition) is 1. The summed E-state index contributed by atoms with van der Waals surface area (Å²) in [6.45, 7) is 1.65. The van der Waals surface area contributed by atoms with Gasteiger partial charge in [0.25, 0.3) is 5.91 Å². The normalized spacial score (nSPS) is 11.4. The first-order valence-corrected chi connectivity index (χ1v) is 9.25. The van der Waals surface area contributed by atoms with Gasteiger partial charge in [-0.1, -0.05) is 12.1 Å². The van der Waals surface area contributed by atoms with Crippen molar-refractivity contribution in [2.75, 3.05) is 21.3 Å². The molecule has 1 unspecified atom stereocenters. The lowest BCUT2D eigenvalue weighted by Gasteiger charge is -2.17. The number of hydrogen-bond acceptors (Lipinski definition) is 6. The minimum atomic E-state index is -1.00. The van der Waals surface area contributed by atoms with Gasteiger partial charge in [0.2, 0.25) is 5.75 Å². The van der Waals surface area contributed by atoms with E-state index in [0.29, 0.717) is 28.5 Å². The molecule has 0 bridgehead atoms. The van der Waals surface area contributed by atoms with E-state index in [-0.39, 0.29) is 11.3 Å². The largest absolute Gasteiger partial charge is 0.493 e. The Morgan fingerprint density at radius 3 is 2.35 bits per heavy atom. The van der Waals surface area contributed by atoms with Gasteiger partial charge >= 0.3 is 0 Å². The summed E-state index contributed by atoms with van der Waals surface area (Å²) in [5.74, 6) is 0.0944. The second-order valence-corrected chi connectivity index (χ2v) is 6.50. The zero-order chi connectivity index (χ0) is 22.5. The van der Waals surface area contributed by atoms with Crippen LogP contribution in [0.15, 0.2) is 42.6 Å². The summed E-state index contributed by atoms with van der Waals surface area (Å²) in [5, 5.41) is 16.5. The third kappa shape index (κ3) is 4.14. The molecule has 1 N–H and O–H groups in total. The predicted octanol–water partition coefficient (Wildman–Crippen LogP) is 3.34. The first-order valence-electron chi connectivity index (χ1n) is 9.25. The topological polar surface area (TPSA) is 98.4 Å². The molecule has 1 aromatic heterocycles. The third-order valence-electron chi connectivity index (χ3n) is 4.76. The van der Waals surface area contributed by atoms with Gasteiger partial charge < -0.3 is 19.5 Å². The second kappa shape index (κ2) is 9.17. The first-order chi connectivity index (χ1) is 14.9. The Hall–Kier alpha value is -4.06. The molecule has 1 amide bonds. The van der Waals surface area contributed by atoms with E-state index in [1.54, 1.807) is 37.3 Å². The Bertz CT molecular complexity index is 1130. The molecule has 0 fully saturated rings. The van der Waals surface area contributed by atoms with Crippen LogP contribution in [0.1, 0.15) is 27.7 Å². The summed E-state index contributed by atoms with van der Waals surface area (Å²) in [7, 11) is 4.39. The lowest BCUT2D eigenvalue weighted by atomic mass is 10.1. The Kier molecular flexibility index (Phi) is 6.40. The van der Waals surface area contributed by atoms with Gasteiger partial charge in [-0.25, -0.2) is 9.07 Å². The summed E-state index contributed by atoms with van der Waals surface area (Å²) < 4.78 is 31.4. The zero-order valence-corrected chi connectivity index (χ0v) is 17.5. The lowest BCUT2D eigenvalue weighted by Crippen LogP contribution is -2.28. The Morgan fingerprint density at radius 1 is 1.16 bits per heavy atom. The van der Waals surface area contributed by atoms with Crippen molar-refractivity contribution in [3.05, 3.63) is 65.2 Å². The van der Waals surface area contributed by atoms with Gasteiger partial charge in [0.15, 0.2) is 11.5 Å². The molecule has 3 rings (SSSR count). The molecule has 0 aliphatic heterocycles. The second-order valence-electron chi connectivity index (χ2n) is 6.50. The maximum absolute atomic E-state index is 14.1. The highest BCUT2D eigenvalue weighted by Gasteiger charge is 2.23. The van der Waals surface area contributed by atoms with Crippen LogP contribution in [-0.4, -0.2) is 37.0 Å². The lowest BCUT2D eigenvalue weighted by molar-refractivity contribution is 0.0944. The van der Waals surface area contributed by atoms with Crippen molar-refractivity contribution in [2.24, 2.45) is 0 Å². The molecule has 1 heterocycles. The smallest absolute Gasteiger partial charge is 0.256 e. The number of carbonyl (C=O) groups excluding carboxylic acids is 1. The van der Waals surface area contributed by atoms with E-state index < -0.39 is 17.8 Å². The van der Waals surface area contributed by atoms with Crippen molar-refractivity contribution >= 4 is 5.91 Å². The fourth-order valence-electron chi connectivity index (χ4n) is 3.17. The Morgan fingerprint density at radius 2 is 1.81 bits per heavy atom. The first kappa shape index (κ1) is 21.6. The molecule has 8 nitrogen and oxygen atoms in total. The van der Waals surface area contributed by atoms with Crippen LogP contribution < -0.4 is 19.5 Å². The fourth-order valence-corrected chi connectivity index (χ4v) is 3.17. The number of methoxy groups -OCH3 is 3. The number of amides is 1. The van der Waals surface area contributed by atoms with Crippen molar-refractivity contribution < 1.29 is 23.4 Å². The Balaban J connectivity index is 1.91. The number of rotatable bonds is 7. The number of nitriles is 1. The molecular weight excluding hydrogens is 403 g/mol. The maximum Gasteiger partial charge on any atom is 0.256 e. The van der Waals surface area contributed by atoms with Crippen LogP contribution >= 0.6 is 0 Å². The van der Waals surface area contributed by atoms with Gasteiger partial charge in [-0.2, -0.15) is 10.4 Å². The quantitative estimate of drug-likeness (QED) is 0.625. The fraction of sp³-hybridized carbons (Fsp3) is 0.227. The minimum absolute atomic E-state index is 0.218. The molecule has 0 saturated heterocycles. The summed E-state index contributed by atoms with van der Waals surface area (Å²) >= 11 is 0. The van der Waals surface area contributed by atoms with Crippen LogP contribution in [0, 0.1) is 24.1 Å². The summed E-state index contributed by atoms with van der Waals surface area (Å²) in [5.41, 5.74) is 1.32. The molecule has 0 saturated carbocycles. The van der Waals surface area contributed by atoms with Crippen LogP contribution in [0.5, 0.6) is 17.2 Å². The summed E-state index contributed by atoms with van der Waals surface area (Å²) in [4.78, 5) is 12.9. The summed E-state index contributed by atoms with van der Waals surface area (Å²) in [6.07, 6.45) is 1.33. The molecule has 0 spiro atoms. The average molecular weight is 424 g/mol. The van der Waals surface area contributed by atoms with Gasteiger partial charge in [-0.15, -0.1) is 0 Å². The molecular formula is C22H21FN4O4. The molecule has 0 aliphatic rings. The van der Waals surface area contributed by atoms with Crippen LogP contribution in [-0.2, 0) is 0 Å². The van der Waals surface area contributed by atoms with Gasteiger partial charge in [0.1, 0.15) is 17.5 Å². The van der Waals surface area contributed by atoms with Crippen LogP contribution in [0.25, 0.3) is 5.69 Å². The zero-order valence-electron chi connectivity index (χ0n) is 17.5. The van der Waals surface area contributed by atoms with Crippen LogP contribution in [0.2, 0.25) is 0 Å². The van der Waals surface area contributed by atoms with E-state index in [1.165, 1.54) is 38.3 Å². The van der Waals surface area contributed by atoms with E-state index in [0.717, 1.165) is 0 Å². The number of para-hydroxylation sites is 1. The molecule has 1 atom stereocenters. The Labute approximate surface area is 178 Å². The number of nitrogens with one attached hydrogen (secondary N) is 1. The highest BCUT2D eigenvalue weighted by Crippen LogP contribution is 2.39. The number of benzene rings is 2. The number of nitrogens with zero attached hydrogens (tertiary/aromatic N) is 3. The highest BCUT2D eigenvalue weighted by molar-refractivity contribution is 5.95. The van der Waals surface area contributed by atoms with E-state index in [9.17, 15) is 14.4 Å². The van der Waals surface area contributed by atoms with E-state index >= 15 is 0 Å². The minimum Gasteiger partial charge on any atom is -0.493 e. The molecule has 9 heteroatoms. The molecule has 160 valence electrons. The number of ether oxygens (including phenoxy) is 3. The van der Waals surface area contributed by atoms with E-state index in [1.807, 2.05) is 0 Å². The van der Waals surface area contributed by atoms with Crippen LogP contribution in [0.3, 0.4) is 0 Å². The predicted molar refractivity (Wildman–Crippen MR) is 110 cm³/mol. The van der Waals surface area contributed by atoms with Crippen molar-refractivity contribution in [2.45, 2.75) is 13.0 Å². The van der Waals surface area contributed by atoms with Crippen molar-refractivity contribution in [1.82, 2.24) is 15.1 Å². The third-order valence-corrected chi connectivity index (χ3v) is 4.76. The van der Waals surface area contributed by atoms with E-state index in [4.69, 9.17) is 14.2 Å². The standard InChI is InChI=1S/C22H21FN4O4/c1-13-15(12-25-27(13)18-8-6-5-7-16(18)23)22(28)26-17(11-24)14-9-19(29-2)21(31-4)20(10-14)30-3/h5-10,12,17H,1-4H3,(H,26,28). The number of halogens is 1. The number of aromatic nitrogens is 2. The van der Waals surface area contributed by atoms with Gasteiger partial charge in [0.05, 0.1) is 44.9 Å². The molecule has 2 aromatic carbocycles. The van der Waals surface area contributed by atoms with E-state index in [2.05, 4.69) is 16.5 Å². The van der Waals surface area contributed by atoms with Gasteiger partial charge in [-0.05, 0) is 36.8 Å². The van der Waals surface area contributed by atoms with Crippen molar-refractivity contribution in [3.63, 3.8) is 0 Å². The maximum atomic E-state index is 14.1. The SMILES string of the molecule is COc1cc(C(C#N)NC(=O)c2cnn(-c3ccccc3F)c2C)cc(OC)c1OC. The van der Waals surface area contributed by atoms with Gasteiger partial charge in [-0.3, -0.25) is 4.79 Å². The molecule has 0 aliphatic carbocycles. The highest BCUT2D eigenvalue weighted by atomic mass is 19.1.